The van der Waals surface area contributed by atoms with Crippen LogP contribution in [0.5, 0.6) is 0 Å². The summed E-state index contributed by atoms with van der Waals surface area (Å²) in [5.41, 5.74) is 8.84. The number of nitrogens with one attached hydrogen (secondary N) is 1. The Bertz CT molecular complexity index is 1670. The van der Waals surface area contributed by atoms with Crippen LogP contribution in [0.25, 0.3) is 27.8 Å². The van der Waals surface area contributed by atoms with E-state index in [1.807, 2.05) is 47.9 Å². The molecule has 0 atom stereocenters. The first-order chi connectivity index (χ1) is 19.2. The molecule has 0 fully saturated rings. The molecule has 0 aliphatic carbocycles. The van der Waals surface area contributed by atoms with E-state index in [0.717, 1.165) is 39.1 Å². The molecule has 5 rings (SSSR count). The van der Waals surface area contributed by atoms with Gasteiger partial charge < -0.3 is 0 Å². The first-order valence-electron chi connectivity index (χ1n) is 13.3. The average Bonchev–Trinajstić information content (AvgIpc) is 3.38. The molecule has 5 aromatic rings. The van der Waals surface area contributed by atoms with Crippen LogP contribution in [0.4, 0.5) is 0 Å². The average molecular weight is 548 g/mol. The van der Waals surface area contributed by atoms with E-state index < -0.39 is 0 Å². The summed E-state index contributed by atoms with van der Waals surface area (Å²) in [4.78, 5) is 12.8. The molecule has 0 bridgehead atoms. The smallest absolute Gasteiger partial charge is 0.250 e. The van der Waals surface area contributed by atoms with Crippen LogP contribution >= 0.6 is 11.8 Å². The fourth-order valence-corrected chi connectivity index (χ4v) is 5.25. The molecule has 1 aromatic heterocycles. The van der Waals surface area contributed by atoms with E-state index in [9.17, 15) is 4.79 Å². The van der Waals surface area contributed by atoms with E-state index in [1.165, 1.54) is 22.9 Å². The predicted molar refractivity (Wildman–Crippen MR) is 165 cm³/mol. The Kier molecular flexibility index (Phi) is 7.85. The van der Waals surface area contributed by atoms with Gasteiger partial charge in [0, 0.05) is 16.8 Å². The van der Waals surface area contributed by atoms with Crippen LogP contribution < -0.4 is 5.43 Å². The zero-order valence-electron chi connectivity index (χ0n) is 23.5. The number of nitrogens with zero attached hydrogens (tertiary/aromatic N) is 4. The monoisotopic (exact) mass is 547 g/mol. The quantitative estimate of drug-likeness (QED) is 0.132. The van der Waals surface area contributed by atoms with Crippen molar-refractivity contribution in [3.05, 3.63) is 108 Å². The standard InChI is InChI=1S/C33H33N5OS/c1-22-13-19-27(20-14-22)38-31(25-15-17-26(18-16-25)33(3,4)5)36-37-32(38)40-21-30(39)35-34-23(2)28-12-8-10-24-9-6-7-11-29(24)28/h6-20H,21H2,1-5H3,(H,35,39). The number of amides is 1. The van der Waals surface area contributed by atoms with Crippen LogP contribution in [0.15, 0.2) is 101 Å². The molecule has 7 heteroatoms. The van der Waals surface area contributed by atoms with Gasteiger partial charge in [-0.3, -0.25) is 9.36 Å². The van der Waals surface area contributed by atoms with E-state index in [2.05, 4.69) is 103 Å². The highest BCUT2D eigenvalue weighted by molar-refractivity contribution is 7.99. The molecule has 4 aromatic carbocycles. The van der Waals surface area contributed by atoms with Crippen LogP contribution in [-0.2, 0) is 10.2 Å². The SMILES string of the molecule is CC(=NNC(=O)CSc1nnc(-c2ccc(C(C)(C)C)cc2)n1-c1ccc(C)cc1)c1cccc2ccccc12. The fourth-order valence-electron chi connectivity index (χ4n) is 4.51. The third-order valence-electron chi connectivity index (χ3n) is 6.79. The molecule has 1 heterocycles. The van der Waals surface area contributed by atoms with Crippen molar-refractivity contribution in [3.63, 3.8) is 0 Å². The van der Waals surface area contributed by atoms with Crippen molar-refractivity contribution in [2.24, 2.45) is 5.10 Å². The summed E-state index contributed by atoms with van der Waals surface area (Å²) in [6.07, 6.45) is 0. The molecular formula is C33H33N5OS. The van der Waals surface area contributed by atoms with E-state index in [1.54, 1.807) is 0 Å². The van der Waals surface area contributed by atoms with Gasteiger partial charge in [-0.2, -0.15) is 5.10 Å². The van der Waals surface area contributed by atoms with Gasteiger partial charge in [0.2, 0.25) is 0 Å². The third-order valence-corrected chi connectivity index (χ3v) is 7.72. The topological polar surface area (TPSA) is 72.2 Å². The van der Waals surface area contributed by atoms with Crippen molar-refractivity contribution >= 4 is 34.2 Å². The highest BCUT2D eigenvalue weighted by Crippen LogP contribution is 2.30. The molecule has 0 unspecified atom stereocenters. The third kappa shape index (κ3) is 6.00. The summed E-state index contributed by atoms with van der Waals surface area (Å²) in [6.45, 7) is 10.6. The van der Waals surface area contributed by atoms with Crippen molar-refractivity contribution in [1.82, 2.24) is 20.2 Å². The summed E-state index contributed by atoms with van der Waals surface area (Å²) >= 11 is 1.34. The Balaban J connectivity index is 1.36. The van der Waals surface area contributed by atoms with Gasteiger partial charge in [-0.05, 0) is 47.7 Å². The highest BCUT2D eigenvalue weighted by atomic mass is 32.2. The van der Waals surface area contributed by atoms with E-state index in [4.69, 9.17) is 0 Å². The van der Waals surface area contributed by atoms with Crippen LogP contribution in [0.2, 0.25) is 0 Å². The first kappa shape index (κ1) is 27.3. The molecule has 0 saturated carbocycles. The number of hydrogen-bond donors (Lipinski definition) is 1. The van der Waals surface area contributed by atoms with Gasteiger partial charge in [-0.25, -0.2) is 5.43 Å². The number of fused-ring (bicyclic) bond motifs is 1. The lowest BCUT2D eigenvalue weighted by Gasteiger charge is -2.19. The highest BCUT2D eigenvalue weighted by Gasteiger charge is 2.19. The molecule has 0 radical (unpaired) electrons. The zero-order valence-corrected chi connectivity index (χ0v) is 24.3. The molecule has 1 N–H and O–H groups in total. The minimum absolute atomic E-state index is 0.0615. The molecule has 202 valence electrons. The molecule has 0 aliphatic heterocycles. The van der Waals surface area contributed by atoms with Gasteiger partial charge in [-0.15, -0.1) is 10.2 Å². The van der Waals surface area contributed by atoms with Gasteiger partial charge >= 0.3 is 0 Å². The second kappa shape index (κ2) is 11.5. The number of aryl methyl sites for hydroxylation is 1. The maximum atomic E-state index is 12.8. The van der Waals surface area contributed by atoms with Gasteiger partial charge in [0.25, 0.3) is 5.91 Å². The van der Waals surface area contributed by atoms with Crippen LogP contribution in [-0.4, -0.2) is 32.1 Å². The summed E-state index contributed by atoms with van der Waals surface area (Å²) < 4.78 is 2.01. The normalized spacial score (nSPS) is 12.1. The summed E-state index contributed by atoms with van der Waals surface area (Å²) in [5, 5.41) is 16.3. The second-order valence-electron chi connectivity index (χ2n) is 10.9. The number of thioether (sulfide) groups is 1. The van der Waals surface area contributed by atoms with E-state index >= 15 is 0 Å². The lowest BCUT2D eigenvalue weighted by atomic mass is 9.87. The van der Waals surface area contributed by atoms with E-state index in [0.29, 0.717) is 5.16 Å². The Labute approximate surface area is 239 Å². The van der Waals surface area contributed by atoms with Crippen molar-refractivity contribution in [1.29, 1.82) is 0 Å². The Hall–Kier alpha value is -4.23. The van der Waals surface area contributed by atoms with Gasteiger partial charge in [0.15, 0.2) is 11.0 Å². The largest absolute Gasteiger partial charge is 0.272 e. The molecule has 1 amide bonds. The summed E-state index contributed by atoms with van der Waals surface area (Å²) in [6, 6.07) is 30.9. The number of carbonyl (C=O) groups is 1. The van der Waals surface area contributed by atoms with Crippen molar-refractivity contribution in [2.75, 3.05) is 5.75 Å². The lowest BCUT2D eigenvalue weighted by molar-refractivity contribution is -0.118. The first-order valence-corrected chi connectivity index (χ1v) is 14.3. The second-order valence-corrected chi connectivity index (χ2v) is 11.8. The number of benzene rings is 4. The number of rotatable bonds is 7. The maximum Gasteiger partial charge on any atom is 0.250 e. The van der Waals surface area contributed by atoms with Crippen LogP contribution in [0.3, 0.4) is 0 Å². The molecular weight excluding hydrogens is 514 g/mol. The number of aromatic nitrogens is 3. The Morgan fingerprint density at radius 2 is 1.60 bits per heavy atom. The minimum Gasteiger partial charge on any atom is -0.272 e. The van der Waals surface area contributed by atoms with Crippen LogP contribution in [0.1, 0.15) is 44.4 Å². The van der Waals surface area contributed by atoms with Crippen LogP contribution in [0, 0.1) is 6.92 Å². The Morgan fingerprint density at radius 1 is 0.900 bits per heavy atom. The molecule has 40 heavy (non-hydrogen) atoms. The minimum atomic E-state index is -0.209. The molecule has 0 spiro atoms. The Morgan fingerprint density at radius 3 is 2.33 bits per heavy atom. The zero-order chi connectivity index (χ0) is 28.3. The summed E-state index contributed by atoms with van der Waals surface area (Å²) in [7, 11) is 0. The van der Waals surface area contributed by atoms with Crippen molar-refractivity contribution < 1.29 is 4.79 Å². The lowest BCUT2D eigenvalue weighted by Crippen LogP contribution is -2.21. The predicted octanol–water partition coefficient (Wildman–Crippen LogP) is 7.33. The van der Waals surface area contributed by atoms with Gasteiger partial charge in [0.1, 0.15) is 0 Å². The number of carbonyl (C=O) groups excluding carboxylic acids is 1. The summed E-state index contributed by atoms with van der Waals surface area (Å²) in [5.74, 6) is 0.676. The van der Waals surface area contributed by atoms with Gasteiger partial charge in [-0.1, -0.05) is 117 Å². The van der Waals surface area contributed by atoms with Gasteiger partial charge in [0.05, 0.1) is 11.5 Å². The van der Waals surface area contributed by atoms with Crippen molar-refractivity contribution in [2.45, 2.75) is 45.2 Å². The molecule has 0 aliphatic rings. The maximum absolute atomic E-state index is 12.8. The fraction of sp³-hybridized carbons (Fsp3) is 0.212. The van der Waals surface area contributed by atoms with Crippen molar-refractivity contribution in [3.8, 4) is 17.1 Å². The number of hydrazone groups is 1. The molecule has 0 saturated heterocycles. The molecule has 6 nitrogen and oxygen atoms in total. The number of hydrogen-bond acceptors (Lipinski definition) is 5. The van der Waals surface area contributed by atoms with E-state index in [-0.39, 0.29) is 17.1 Å².